The van der Waals surface area contributed by atoms with Crippen molar-refractivity contribution in [1.29, 1.82) is 0 Å². The van der Waals surface area contributed by atoms with E-state index in [1.807, 2.05) is 30.5 Å². The van der Waals surface area contributed by atoms with Crippen LogP contribution in [0.2, 0.25) is 0 Å². The van der Waals surface area contributed by atoms with Gasteiger partial charge in [-0.2, -0.15) is 0 Å². The van der Waals surface area contributed by atoms with E-state index in [-0.39, 0.29) is 5.82 Å². The summed E-state index contributed by atoms with van der Waals surface area (Å²) in [6, 6.07) is 12.4. The molecule has 0 amide bonds. The summed E-state index contributed by atoms with van der Waals surface area (Å²) >= 11 is 0. The molecular weight excluding hydrogens is 229 g/mol. The van der Waals surface area contributed by atoms with E-state index in [0.29, 0.717) is 0 Å². The Morgan fingerprint density at radius 3 is 2.72 bits per heavy atom. The number of fused-ring (bicyclic) bond motifs is 1. The van der Waals surface area contributed by atoms with Crippen molar-refractivity contribution in [2.45, 2.75) is 0 Å². The maximum atomic E-state index is 13.3. The minimum Gasteiger partial charge on any atom is -0.496 e. The molecule has 1 aromatic heterocycles. The fraction of sp³-hybridized carbons (Fsp3) is 0.0667. The van der Waals surface area contributed by atoms with Gasteiger partial charge in [-0.3, -0.25) is 0 Å². The molecule has 0 atom stereocenters. The zero-order valence-corrected chi connectivity index (χ0v) is 9.91. The highest BCUT2D eigenvalue weighted by Gasteiger charge is 2.10. The molecule has 0 aliphatic heterocycles. The lowest BCUT2D eigenvalue weighted by atomic mass is 10.0. The van der Waals surface area contributed by atoms with Gasteiger partial charge in [0.2, 0.25) is 0 Å². The Kier molecular flexibility index (Phi) is 2.52. The first kappa shape index (κ1) is 10.8. The number of para-hydroxylation sites is 1. The van der Waals surface area contributed by atoms with Crippen LogP contribution in [0.15, 0.2) is 48.7 Å². The summed E-state index contributed by atoms with van der Waals surface area (Å²) in [6.07, 6.45) is 1.88. The normalized spacial score (nSPS) is 10.8. The molecule has 0 aliphatic carbocycles. The first-order valence-corrected chi connectivity index (χ1v) is 5.69. The van der Waals surface area contributed by atoms with Gasteiger partial charge in [-0.05, 0) is 24.3 Å². The Morgan fingerprint density at radius 1 is 1.06 bits per heavy atom. The van der Waals surface area contributed by atoms with Crippen LogP contribution in [-0.2, 0) is 0 Å². The van der Waals surface area contributed by atoms with E-state index in [9.17, 15) is 4.39 Å². The average Bonchev–Trinajstić information content (AvgIpc) is 2.81. The van der Waals surface area contributed by atoms with E-state index in [2.05, 4.69) is 4.98 Å². The minimum atomic E-state index is -0.238. The lowest BCUT2D eigenvalue weighted by molar-refractivity contribution is 0.416. The average molecular weight is 241 g/mol. The second-order valence-corrected chi connectivity index (χ2v) is 4.09. The van der Waals surface area contributed by atoms with Gasteiger partial charge in [0, 0.05) is 28.2 Å². The first-order chi connectivity index (χ1) is 8.79. The number of methoxy groups -OCH3 is 1. The number of nitrogens with one attached hydrogen (secondary N) is 1. The van der Waals surface area contributed by atoms with Crippen molar-refractivity contribution < 1.29 is 9.13 Å². The Balaban J connectivity index is 2.28. The van der Waals surface area contributed by atoms with Crippen molar-refractivity contribution in [1.82, 2.24) is 4.98 Å². The van der Waals surface area contributed by atoms with E-state index in [1.165, 1.54) is 12.1 Å². The summed E-state index contributed by atoms with van der Waals surface area (Å²) in [5.41, 5.74) is 2.82. The van der Waals surface area contributed by atoms with Gasteiger partial charge in [-0.1, -0.05) is 18.2 Å². The Morgan fingerprint density at radius 2 is 1.89 bits per heavy atom. The number of rotatable bonds is 2. The number of aromatic nitrogens is 1. The number of hydrogen-bond donors (Lipinski definition) is 1. The topological polar surface area (TPSA) is 25.0 Å². The molecule has 18 heavy (non-hydrogen) atoms. The molecule has 0 aliphatic rings. The zero-order chi connectivity index (χ0) is 12.5. The lowest BCUT2D eigenvalue weighted by Crippen LogP contribution is -1.86. The molecule has 0 bridgehead atoms. The maximum Gasteiger partial charge on any atom is 0.126 e. The van der Waals surface area contributed by atoms with Gasteiger partial charge in [-0.15, -0.1) is 0 Å². The summed E-state index contributed by atoms with van der Waals surface area (Å²) in [5, 5.41) is 0.861. The van der Waals surface area contributed by atoms with Crippen LogP contribution in [0.25, 0.3) is 22.0 Å². The van der Waals surface area contributed by atoms with Crippen LogP contribution in [0, 0.1) is 5.82 Å². The number of aromatic amines is 1. The van der Waals surface area contributed by atoms with Crippen LogP contribution in [0.3, 0.4) is 0 Å². The first-order valence-electron chi connectivity index (χ1n) is 5.69. The SMILES string of the molecule is COc1ccccc1-c1c[nH]c2ccc(F)cc12. The smallest absolute Gasteiger partial charge is 0.126 e. The third-order valence-corrected chi connectivity index (χ3v) is 3.04. The fourth-order valence-corrected chi connectivity index (χ4v) is 2.18. The molecule has 2 aromatic carbocycles. The molecule has 1 N–H and O–H groups in total. The molecule has 2 nitrogen and oxygen atoms in total. The molecule has 0 saturated heterocycles. The summed E-state index contributed by atoms with van der Waals surface area (Å²) in [6.45, 7) is 0. The van der Waals surface area contributed by atoms with Crippen LogP contribution in [0.1, 0.15) is 0 Å². The maximum absolute atomic E-state index is 13.3. The number of benzene rings is 2. The standard InChI is InChI=1S/C15H12FNO/c1-18-15-5-3-2-4-11(15)13-9-17-14-7-6-10(16)8-12(13)14/h2-9,17H,1H3. The predicted molar refractivity (Wildman–Crippen MR) is 70.2 cm³/mol. The van der Waals surface area contributed by atoms with Gasteiger partial charge in [0.05, 0.1) is 7.11 Å². The second-order valence-electron chi connectivity index (χ2n) is 4.09. The highest BCUT2D eigenvalue weighted by Crippen LogP contribution is 2.34. The van der Waals surface area contributed by atoms with E-state index in [1.54, 1.807) is 13.2 Å². The molecule has 0 fully saturated rings. The van der Waals surface area contributed by atoms with Gasteiger partial charge in [0.1, 0.15) is 11.6 Å². The Hall–Kier alpha value is -2.29. The van der Waals surface area contributed by atoms with Gasteiger partial charge in [0.25, 0.3) is 0 Å². The summed E-state index contributed by atoms with van der Waals surface area (Å²) in [5.74, 6) is 0.543. The molecule has 0 radical (unpaired) electrons. The number of H-pyrrole nitrogens is 1. The monoisotopic (exact) mass is 241 g/mol. The molecule has 0 unspecified atom stereocenters. The van der Waals surface area contributed by atoms with Crippen LogP contribution in [-0.4, -0.2) is 12.1 Å². The largest absolute Gasteiger partial charge is 0.496 e. The summed E-state index contributed by atoms with van der Waals surface area (Å²) in [4.78, 5) is 3.14. The van der Waals surface area contributed by atoms with Crippen LogP contribution in [0.5, 0.6) is 5.75 Å². The van der Waals surface area contributed by atoms with Gasteiger partial charge in [-0.25, -0.2) is 4.39 Å². The lowest BCUT2D eigenvalue weighted by Gasteiger charge is -2.06. The molecule has 0 saturated carbocycles. The fourth-order valence-electron chi connectivity index (χ4n) is 2.18. The van der Waals surface area contributed by atoms with E-state index < -0.39 is 0 Å². The molecule has 90 valence electrons. The van der Waals surface area contributed by atoms with E-state index >= 15 is 0 Å². The minimum absolute atomic E-state index is 0.238. The zero-order valence-electron chi connectivity index (χ0n) is 9.91. The molecule has 1 heterocycles. The van der Waals surface area contributed by atoms with Gasteiger partial charge >= 0.3 is 0 Å². The molecular formula is C15H12FNO. The van der Waals surface area contributed by atoms with Gasteiger partial charge in [0.15, 0.2) is 0 Å². The van der Waals surface area contributed by atoms with E-state index in [4.69, 9.17) is 4.74 Å². The Bertz CT molecular complexity index is 703. The van der Waals surface area contributed by atoms with Crippen molar-refractivity contribution in [3.05, 3.63) is 54.5 Å². The molecule has 3 aromatic rings. The van der Waals surface area contributed by atoms with Crippen molar-refractivity contribution >= 4 is 10.9 Å². The predicted octanol–water partition coefficient (Wildman–Crippen LogP) is 3.98. The van der Waals surface area contributed by atoms with Crippen LogP contribution in [0.4, 0.5) is 4.39 Å². The second kappa shape index (κ2) is 4.18. The summed E-state index contributed by atoms with van der Waals surface area (Å²) < 4.78 is 18.7. The summed E-state index contributed by atoms with van der Waals surface area (Å²) in [7, 11) is 1.63. The quantitative estimate of drug-likeness (QED) is 0.721. The van der Waals surface area contributed by atoms with E-state index in [0.717, 1.165) is 27.8 Å². The highest BCUT2D eigenvalue weighted by molar-refractivity contribution is 5.96. The molecule has 3 heteroatoms. The van der Waals surface area contributed by atoms with Crippen LogP contribution >= 0.6 is 0 Å². The van der Waals surface area contributed by atoms with Crippen LogP contribution < -0.4 is 4.74 Å². The van der Waals surface area contributed by atoms with Crippen molar-refractivity contribution in [3.8, 4) is 16.9 Å². The van der Waals surface area contributed by atoms with Crippen molar-refractivity contribution in [2.75, 3.05) is 7.11 Å². The highest BCUT2D eigenvalue weighted by atomic mass is 19.1. The number of ether oxygens (including phenoxy) is 1. The number of hydrogen-bond acceptors (Lipinski definition) is 1. The van der Waals surface area contributed by atoms with Crippen molar-refractivity contribution in [3.63, 3.8) is 0 Å². The third kappa shape index (κ3) is 1.64. The third-order valence-electron chi connectivity index (χ3n) is 3.04. The molecule has 0 spiro atoms. The Labute approximate surface area is 104 Å². The molecule has 3 rings (SSSR count). The van der Waals surface area contributed by atoms with Gasteiger partial charge < -0.3 is 9.72 Å². The number of halogens is 1. The van der Waals surface area contributed by atoms with Crippen molar-refractivity contribution in [2.24, 2.45) is 0 Å².